The van der Waals surface area contributed by atoms with Gasteiger partial charge in [-0.25, -0.2) is 0 Å². The lowest BCUT2D eigenvalue weighted by Crippen LogP contribution is -2.28. The SMILES string of the molecule is CCCCN(CCCC(CC)CCN)C1CC1. The highest BCUT2D eigenvalue weighted by molar-refractivity contribution is 4.84. The number of nitrogens with zero attached hydrogens (tertiary/aromatic N) is 1. The van der Waals surface area contributed by atoms with Gasteiger partial charge in [-0.2, -0.15) is 0 Å². The van der Waals surface area contributed by atoms with Gasteiger partial charge in [0.05, 0.1) is 0 Å². The Bertz CT molecular complexity index is 178. The molecule has 2 heteroatoms. The van der Waals surface area contributed by atoms with Crippen LogP contribution in [0.15, 0.2) is 0 Å². The molecule has 0 aliphatic heterocycles. The van der Waals surface area contributed by atoms with Gasteiger partial charge in [-0.1, -0.05) is 26.7 Å². The van der Waals surface area contributed by atoms with E-state index in [1.54, 1.807) is 0 Å². The van der Waals surface area contributed by atoms with Crippen molar-refractivity contribution in [2.24, 2.45) is 11.7 Å². The first-order chi connectivity index (χ1) is 8.31. The van der Waals surface area contributed by atoms with Crippen molar-refractivity contribution >= 4 is 0 Å². The summed E-state index contributed by atoms with van der Waals surface area (Å²) < 4.78 is 0. The number of hydrogen-bond acceptors (Lipinski definition) is 2. The van der Waals surface area contributed by atoms with E-state index in [1.807, 2.05) is 0 Å². The van der Waals surface area contributed by atoms with Crippen molar-refractivity contribution in [3.05, 3.63) is 0 Å². The molecule has 0 amide bonds. The van der Waals surface area contributed by atoms with E-state index < -0.39 is 0 Å². The van der Waals surface area contributed by atoms with Crippen LogP contribution >= 0.6 is 0 Å². The molecule has 2 N–H and O–H groups in total. The first-order valence-corrected chi connectivity index (χ1v) is 7.75. The van der Waals surface area contributed by atoms with Crippen LogP contribution in [0.4, 0.5) is 0 Å². The van der Waals surface area contributed by atoms with E-state index in [0.29, 0.717) is 0 Å². The summed E-state index contributed by atoms with van der Waals surface area (Å²) in [6, 6.07) is 0.941. The van der Waals surface area contributed by atoms with Crippen molar-refractivity contribution < 1.29 is 0 Å². The molecule has 0 aromatic rings. The summed E-state index contributed by atoms with van der Waals surface area (Å²) in [6.45, 7) is 8.11. The average molecular weight is 240 g/mol. The van der Waals surface area contributed by atoms with Gasteiger partial charge in [-0.3, -0.25) is 0 Å². The Morgan fingerprint density at radius 2 is 1.82 bits per heavy atom. The Hall–Kier alpha value is -0.0800. The molecular formula is C15H32N2. The molecule has 1 unspecified atom stereocenters. The van der Waals surface area contributed by atoms with Gasteiger partial charge in [0.25, 0.3) is 0 Å². The highest BCUT2D eigenvalue weighted by atomic mass is 15.2. The molecule has 1 aliphatic carbocycles. The summed E-state index contributed by atoms with van der Waals surface area (Å²) in [5.41, 5.74) is 5.65. The first kappa shape index (κ1) is 15.0. The second-order valence-corrected chi connectivity index (χ2v) is 5.61. The maximum Gasteiger partial charge on any atom is 0.00964 e. The van der Waals surface area contributed by atoms with Gasteiger partial charge in [-0.15, -0.1) is 0 Å². The third-order valence-corrected chi connectivity index (χ3v) is 4.07. The molecular weight excluding hydrogens is 208 g/mol. The van der Waals surface area contributed by atoms with E-state index in [0.717, 1.165) is 18.5 Å². The van der Waals surface area contributed by atoms with Crippen LogP contribution in [-0.2, 0) is 0 Å². The maximum atomic E-state index is 5.65. The number of unbranched alkanes of at least 4 members (excludes halogenated alkanes) is 1. The molecule has 0 saturated heterocycles. The molecule has 0 aromatic carbocycles. The number of hydrogen-bond donors (Lipinski definition) is 1. The van der Waals surface area contributed by atoms with Gasteiger partial charge < -0.3 is 10.6 Å². The largest absolute Gasteiger partial charge is 0.330 e. The minimum Gasteiger partial charge on any atom is -0.330 e. The fourth-order valence-electron chi connectivity index (χ4n) is 2.65. The molecule has 17 heavy (non-hydrogen) atoms. The molecule has 1 saturated carbocycles. The highest BCUT2D eigenvalue weighted by Gasteiger charge is 2.27. The highest BCUT2D eigenvalue weighted by Crippen LogP contribution is 2.27. The summed E-state index contributed by atoms with van der Waals surface area (Å²) >= 11 is 0. The van der Waals surface area contributed by atoms with E-state index in [4.69, 9.17) is 5.73 Å². The lowest BCUT2D eigenvalue weighted by molar-refractivity contribution is 0.245. The molecule has 0 heterocycles. The fraction of sp³-hybridized carbons (Fsp3) is 1.00. The van der Waals surface area contributed by atoms with Crippen LogP contribution in [0.5, 0.6) is 0 Å². The Morgan fingerprint density at radius 1 is 1.12 bits per heavy atom. The Balaban J connectivity index is 2.12. The zero-order chi connectivity index (χ0) is 12.5. The fourth-order valence-corrected chi connectivity index (χ4v) is 2.65. The molecule has 0 spiro atoms. The van der Waals surface area contributed by atoms with Crippen molar-refractivity contribution in [2.75, 3.05) is 19.6 Å². The summed E-state index contributed by atoms with van der Waals surface area (Å²) in [5.74, 6) is 0.868. The van der Waals surface area contributed by atoms with Gasteiger partial charge in [0.2, 0.25) is 0 Å². The van der Waals surface area contributed by atoms with Crippen LogP contribution in [0.25, 0.3) is 0 Å². The third-order valence-electron chi connectivity index (χ3n) is 4.07. The minimum atomic E-state index is 0.862. The zero-order valence-corrected chi connectivity index (χ0v) is 12.0. The minimum absolute atomic E-state index is 0.862. The van der Waals surface area contributed by atoms with Crippen molar-refractivity contribution in [1.82, 2.24) is 4.90 Å². The first-order valence-electron chi connectivity index (χ1n) is 7.75. The smallest absolute Gasteiger partial charge is 0.00964 e. The normalized spacial score (nSPS) is 17.6. The van der Waals surface area contributed by atoms with E-state index in [9.17, 15) is 0 Å². The topological polar surface area (TPSA) is 29.3 Å². The van der Waals surface area contributed by atoms with Crippen LogP contribution in [0.1, 0.15) is 65.2 Å². The van der Waals surface area contributed by atoms with Crippen molar-refractivity contribution in [2.45, 2.75) is 71.3 Å². The second-order valence-electron chi connectivity index (χ2n) is 5.61. The Kier molecular flexibility index (Phi) is 7.87. The van der Waals surface area contributed by atoms with Gasteiger partial charge >= 0.3 is 0 Å². The van der Waals surface area contributed by atoms with Gasteiger partial charge in [0.15, 0.2) is 0 Å². The molecule has 102 valence electrons. The molecule has 0 bridgehead atoms. The third kappa shape index (κ3) is 6.42. The molecule has 1 aliphatic rings. The van der Waals surface area contributed by atoms with Gasteiger partial charge in [-0.05, 0) is 64.1 Å². The van der Waals surface area contributed by atoms with Crippen molar-refractivity contribution in [3.63, 3.8) is 0 Å². The predicted molar refractivity (Wildman–Crippen MR) is 76.2 cm³/mol. The van der Waals surface area contributed by atoms with E-state index >= 15 is 0 Å². The molecule has 1 fully saturated rings. The van der Waals surface area contributed by atoms with E-state index in [1.165, 1.54) is 64.5 Å². The zero-order valence-electron chi connectivity index (χ0n) is 12.0. The molecule has 2 nitrogen and oxygen atoms in total. The van der Waals surface area contributed by atoms with E-state index in [2.05, 4.69) is 18.7 Å². The standard InChI is InChI=1S/C15H32N2/c1-3-5-12-17(15-8-9-15)13-6-7-14(4-2)10-11-16/h14-15H,3-13,16H2,1-2H3. The summed E-state index contributed by atoms with van der Waals surface area (Å²) in [5, 5.41) is 0. The average Bonchev–Trinajstić information content (AvgIpc) is 3.16. The van der Waals surface area contributed by atoms with Crippen LogP contribution in [0.2, 0.25) is 0 Å². The maximum absolute atomic E-state index is 5.65. The monoisotopic (exact) mass is 240 g/mol. The summed E-state index contributed by atoms with van der Waals surface area (Å²) in [4.78, 5) is 2.73. The molecule has 1 atom stereocenters. The van der Waals surface area contributed by atoms with Crippen LogP contribution in [0.3, 0.4) is 0 Å². The quantitative estimate of drug-likeness (QED) is 0.600. The Morgan fingerprint density at radius 3 is 2.35 bits per heavy atom. The van der Waals surface area contributed by atoms with E-state index in [-0.39, 0.29) is 0 Å². The van der Waals surface area contributed by atoms with Crippen molar-refractivity contribution in [3.8, 4) is 0 Å². The molecule has 0 aromatic heterocycles. The lowest BCUT2D eigenvalue weighted by Gasteiger charge is -2.23. The summed E-state index contributed by atoms with van der Waals surface area (Å²) in [7, 11) is 0. The summed E-state index contributed by atoms with van der Waals surface area (Å²) in [6.07, 6.45) is 10.9. The number of rotatable bonds is 11. The molecule has 0 radical (unpaired) electrons. The van der Waals surface area contributed by atoms with Gasteiger partial charge in [0.1, 0.15) is 0 Å². The van der Waals surface area contributed by atoms with Crippen LogP contribution in [0, 0.1) is 5.92 Å². The predicted octanol–water partition coefficient (Wildman–Crippen LogP) is 3.41. The Labute approximate surface area is 108 Å². The van der Waals surface area contributed by atoms with Gasteiger partial charge in [0, 0.05) is 6.04 Å². The van der Waals surface area contributed by atoms with Crippen molar-refractivity contribution in [1.29, 1.82) is 0 Å². The second kappa shape index (κ2) is 8.93. The number of nitrogens with two attached hydrogens (primary N) is 1. The lowest BCUT2D eigenvalue weighted by atomic mass is 9.96. The van der Waals surface area contributed by atoms with Crippen LogP contribution in [-0.4, -0.2) is 30.6 Å². The van der Waals surface area contributed by atoms with Crippen LogP contribution < -0.4 is 5.73 Å². The molecule has 1 rings (SSSR count).